The molecule has 0 spiro atoms. The summed E-state index contributed by atoms with van der Waals surface area (Å²) >= 11 is 0. The molecule has 11 rings (SSSR count). The van der Waals surface area contributed by atoms with Crippen molar-refractivity contribution in [3.8, 4) is 61.7 Å². The standard InChI is InChI=1S/C49H40N3O.C15H16NO2Si.Ir/c1-30(2)42-27-38(34-15-10-7-11-16-34)28-43(31(3)4)47(42)52-46-32(5)50-26-25-44(46)51-49(52)41-18-12-17-40-39-24-23-37(29-45(39)53-48(40)41)36-21-19-35(20-22-36)33-13-8-6-9-14-33;1-19(2,3)13-8-9-14(16-10-13)11-4-6-12(7-5-11)15(17)18;/h6-17,19-31H,1-5H3;4,6-10H,1-3H3,(H,17,18);/q2*-1;. The van der Waals surface area contributed by atoms with Crippen molar-refractivity contribution in [2.45, 2.75) is 66.1 Å². The van der Waals surface area contributed by atoms with Crippen molar-refractivity contribution in [3.05, 3.63) is 211 Å². The summed E-state index contributed by atoms with van der Waals surface area (Å²) in [4.78, 5) is 25.3. The van der Waals surface area contributed by atoms with Gasteiger partial charge in [0.25, 0.3) is 5.97 Å². The summed E-state index contributed by atoms with van der Waals surface area (Å²) in [5, 5.41) is 12.3. The molecule has 4 aromatic heterocycles. The van der Waals surface area contributed by atoms with E-state index in [1.54, 1.807) is 12.1 Å². The maximum absolute atomic E-state index is 10.8. The number of hydrogen-bond donors (Lipinski definition) is 1. The molecule has 0 bridgehead atoms. The Kier molecular flexibility index (Phi) is 14.4. The van der Waals surface area contributed by atoms with Gasteiger partial charge in [0.2, 0.25) is 0 Å². The summed E-state index contributed by atoms with van der Waals surface area (Å²) in [5.74, 6) is 0.359. The minimum Gasteiger partial charge on any atom is -0.501 e. The van der Waals surface area contributed by atoms with E-state index in [-0.39, 0.29) is 37.5 Å². The van der Waals surface area contributed by atoms with Crippen molar-refractivity contribution < 1.29 is 34.4 Å². The fourth-order valence-corrected chi connectivity index (χ4v) is 10.5. The van der Waals surface area contributed by atoms with Crippen LogP contribution in [-0.4, -0.2) is 38.7 Å². The van der Waals surface area contributed by atoms with Crippen LogP contribution in [0.1, 0.15) is 66.7 Å². The molecule has 11 aromatic rings. The number of rotatable bonds is 10. The van der Waals surface area contributed by atoms with Crippen molar-refractivity contribution in [2.75, 3.05) is 0 Å². The summed E-state index contributed by atoms with van der Waals surface area (Å²) < 4.78 is 9.18. The number of hydrogen-bond acceptors (Lipinski definition) is 5. The van der Waals surface area contributed by atoms with Crippen LogP contribution in [-0.2, 0) is 20.1 Å². The summed E-state index contributed by atoms with van der Waals surface area (Å²) in [6.45, 7) is 18.0. The summed E-state index contributed by atoms with van der Waals surface area (Å²) in [6.07, 6.45) is 3.77. The molecule has 0 fully saturated rings. The fraction of sp³-hybridized carbons (Fsp3) is 0.156. The average molecular weight is 1150 g/mol. The van der Waals surface area contributed by atoms with Gasteiger partial charge in [0.05, 0.1) is 36.2 Å². The van der Waals surface area contributed by atoms with Gasteiger partial charge < -0.3 is 19.1 Å². The third-order valence-corrected chi connectivity index (χ3v) is 15.5. The van der Waals surface area contributed by atoms with Gasteiger partial charge in [-0.3, -0.25) is 14.8 Å². The Balaban J connectivity index is 0.000000277. The zero-order valence-electron chi connectivity index (χ0n) is 42.3. The number of imidazole rings is 1. The minimum absolute atomic E-state index is 0. The van der Waals surface area contributed by atoms with Crippen LogP contribution in [0.2, 0.25) is 19.6 Å². The number of aromatic nitrogens is 4. The van der Waals surface area contributed by atoms with E-state index < -0.39 is 14.0 Å². The zero-order chi connectivity index (χ0) is 50.3. The van der Waals surface area contributed by atoms with Gasteiger partial charge in [-0.1, -0.05) is 167 Å². The number of furan rings is 1. The molecule has 0 atom stereocenters. The van der Waals surface area contributed by atoms with Crippen LogP contribution >= 0.6 is 0 Å². The average Bonchev–Trinajstić information content (AvgIpc) is 3.98. The number of aromatic carboxylic acids is 1. The minimum atomic E-state index is -1.33. The van der Waals surface area contributed by atoms with Crippen LogP contribution in [0.25, 0.3) is 94.7 Å². The van der Waals surface area contributed by atoms with Crippen LogP contribution in [0, 0.1) is 19.1 Å². The number of carboxylic acids is 1. The number of carbonyl (C=O) groups is 1. The molecule has 365 valence electrons. The molecule has 0 aliphatic carbocycles. The molecule has 7 aromatic carbocycles. The summed E-state index contributed by atoms with van der Waals surface area (Å²) in [7, 11) is -1.33. The smallest absolute Gasteiger partial charge is 0.292 e. The van der Waals surface area contributed by atoms with Gasteiger partial charge in [-0.05, 0) is 104 Å². The second-order valence-corrected chi connectivity index (χ2v) is 25.1. The Hall–Kier alpha value is -7.55. The number of fused-ring (bicyclic) bond motifs is 4. The molecule has 0 aliphatic heterocycles. The largest absolute Gasteiger partial charge is 0.501 e. The van der Waals surface area contributed by atoms with Gasteiger partial charge in [-0.2, -0.15) is 0 Å². The molecule has 0 amide bonds. The van der Waals surface area contributed by atoms with E-state index in [0.29, 0.717) is 0 Å². The summed E-state index contributed by atoms with van der Waals surface area (Å²) in [6, 6.07) is 62.7. The van der Waals surface area contributed by atoms with E-state index in [1.165, 1.54) is 44.6 Å². The third kappa shape index (κ3) is 10.1. The number of pyridine rings is 2. The van der Waals surface area contributed by atoms with Gasteiger partial charge in [0, 0.05) is 43.6 Å². The van der Waals surface area contributed by atoms with Crippen molar-refractivity contribution in [2.24, 2.45) is 0 Å². The Bertz CT molecular complexity index is 3720. The van der Waals surface area contributed by atoms with E-state index >= 15 is 0 Å². The van der Waals surface area contributed by atoms with Crippen LogP contribution in [0.3, 0.4) is 0 Å². The van der Waals surface area contributed by atoms with Gasteiger partial charge in [0.1, 0.15) is 5.58 Å². The Morgan fingerprint density at radius 1 is 0.658 bits per heavy atom. The van der Waals surface area contributed by atoms with Crippen molar-refractivity contribution in [3.63, 3.8) is 0 Å². The second kappa shape index (κ2) is 20.9. The number of carboxylic acid groups (broad SMARTS) is 1. The van der Waals surface area contributed by atoms with Crippen molar-refractivity contribution in [1.29, 1.82) is 0 Å². The third-order valence-electron chi connectivity index (χ3n) is 13.4. The molecule has 0 saturated heterocycles. The number of nitrogens with zero attached hydrogens (tertiary/aromatic N) is 4. The van der Waals surface area contributed by atoms with Crippen molar-refractivity contribution >= 4 is 52.2 Å². The molecule has 1 N–H and O–H groups in total. The molecule has 4 heterocycles. The van der Waals surface area contributed by atoms with Crippen LogP contribution in [0.15, 0.2) is 181 Å². The van der Waals surface area contributed by atoms with Crippen LogP contribution in [0.4, 0.5) is 0 Å². The van der Waals surface area contributed by atoms with E-state index in [1.807, 2.05) is 36.7 Å². The molecule has 1 radical (unpaired) electrons. The maximum Gasteiger partial charge on any atom is 0.292 e. The normalized spacial score (nSPS) is 11.5. The molecular formula is C64H56IrN4O3Si-2. The first-order valence-corrected chi connectivity index (χ1v) is 28.1. The summed E-state index contributed by atoms with van der Waals surface area (Å²) in [5.41, 5.74) is 17.9. The number of benzene rings is 7. The SMILES string of the molecule is C[Si](C)(C)c1ccc(-c2[c-]cc(C(=O)O)cc2)nc1.Cc1nccc2nc(-c3[c-]ccc4c3oc3cc(-c5ccc(-c6ccccc6)cc5)ccc34)n(-c3c(C(C)C)cc(-c4ccccc4)cc3C(C)C)c12.[Ir]. The van der Waals surface area contributed by atoms with Gasteiger partial charge in [-0.15, -0.1) is 48.0 Å². The molecule has 0 unspecified atom stereocenters. The zero-order valence-corrected chi connectivity index (χ0v) is 45.7. The van der Waals surface area contributed by atoms with Gasteiger partial charge in [0.15, 0.2) is 0 Å². The van der Waals surface area contributed by atoms with E-state index in [4.69, 9.17) is 19.5 Å². The first-order chi connectivity index (χ1) is 34.7. The first kappa shape index (κ1) is 50.4. The molecule has 7 nitrogen and oxygen atoms in total. The van der Waals surface area contributed by atoms with E-state index in [2.05, 4.69) is 197 Å². The quantitative estimate of drug-likeness (QED) is 0.108. The van der Waals surface area contributed by atoms with Crippen molar-refractivity contribution in [1.82, 2.24) is 19.5 Å². The molecule has 0 aliphatic rings. The fourth-order valence-electron chi connectivity index (χ4n) is 9.47. The van der Waals surface area contributed by atoms with Gasteiger partial charge in [-0.25, -0.2) is 0 Å². The Morgan fingerprint density at radius 3 is 1.85 bits per heavy atom. The van der Waals surface area contributed by atoms with E-state index in [9.17, 15) is 4.79 Å². The Labute approximate surface area is 442 Å². The molecule has 73 heavy (non-hydrogen) atoms. The van der Waals surface area contributed by atoms with Gasteiger partial charge >= 0.3 is 0 Å². The number of aryl methyl sites for hydroxylation is 1. The molecular weight excluding hydrogens is 1090 g/mol. The topological polar surface area (TPSA) is 94.0 Å². The second-order valence-electron chi connectivity index (χ2n) is 20.0. The predicted molar refractivity (Wildman–Crippen MR) is 298 cm³/mol. The molecule has 9 heteroatoms. The first-order valence-electron chi connectivity index (χ1n) is 24.6. The monoisotopic (exact) mass is 1150 g/mol. The molecule has 0 saturated carbocycles. The van der Waals surface area contributed by atoms with Crippen LogP contribution in [0.5, 0.6) is 0 Å². The van der Waals surface area contributed by atoms with Crippen LogP contribution < -0.4 is 5.19 Å². The predicted octanol–water partition coefficient (Wildman–Crippen LogP) is 16.1. The Morgan fingerprint density at radius 2 is 1.27 bits per heavy atom. The maximum atomic E-state index is 10.8. The van der Waals surface area contributed by atoms with E-state index in [0.717, 1.165) is 78.1 Å².